The average Bonchev–Trinajstić information content (AvgIpc) is 2.76. The fourth-order valence-corrected chi connectivity index (χ4v) is 3.64. The van der Waals surface area contributed by atoms with Crippen molar-refractivity contribution in [3.8, 4) is 5.75 Å². The number of nitrogens with zero attached hydrogens (tertiary/aromatic N) is 2. The number of urea groups is 1. The maximum absolute atomic E-state index is 12.6. The molecule has 30 heavy (non-hydrogen) atoms. The minimum atomic E-state index is -0.309. The first kappa shape index (κ1) is 21.9. The lowest BCUT2D eigenvalue weighted by atomic mass is 9.88. The predicted molar refractivity (Wildman–Crippen MR) is 116 cm³/mol. The van der Waals surface area contributed by atoms with Gasteiger partial charge >= 0.3 is 6.03 Å². The predicted octanol–water partition coefficient (Wildman–Crippen LogP) is 2.47. The number of hydrogen-bond donors (Lipinski definition) is 3. The second-order valence-electron chi connectivity index (χ2n) is 7.10. The van der Waals surface area contributed by atoms with Crippen molar-refractivity contribution in [1.29, 1.82) is 0 Å². The van der Waals surface area contributed by atoms with Crippen LogP contribution >= 0.6 is 11.6 Å². The van der Waals surface area contributed by atoms with Gasteiger partial charge in [0.25, 0.3) is 0 Å². The number of amides is 3. The van der Waals surface area contributed by atoms with Crippen molar-refractivity contribution < 1.29 is 14.3 Å². The number of pyridine rings is 1. The van der Waals surface area contributed by atoms with Crippen molar-refractivity contribution in [3.05, 3.63) is 53.3 Å². The first-order chi connectivity index (χ1) is 14.5. The summed E-state index contributed by atoms with van der Waals surface area (Å²) in [6, 6.07) is 10.1. The number of halogens is 1. The van der Waals surface area contributed by atoms with Gasteiger partial charge in [-0.3, -0.25) is 9.78 Å². The molecule has 3 amide bonds. The highest BCUT2D eigenvalue weighted by Crippen LogP contribution is 2.27. The summed E-state index contributed by atoms with van der Waals surface area (Å²) in [6.07, 6.45) is 2.27. The zero-order chi connectivity index (χ0) is 21.5. The van der Waals surface area contributed by atoms with Crippen LogP contribution in [0.2, 0.25) is 5.02 Å². The van der Waals surface area contributed by atoms with E-state index in [2.05, 4.69) is 20.9 Å². The summed E-state index contributed by atoms with van der Waals surface area (Å²) >= 11 is 5.89. The highest BCUT2D eigenvalue weighted by atomic mass is 35.5. The quantitative estimate of drug-likeness (QED) is 0.653. The van der Waals surface area contributed by atoms with Crippen molar-refractivity contribution >= 4 is 29.2 Å². The van der Waals surface area contributed by atoms with E-state index in [-0.39, 0.29) is 30.4 Å². The summed E-state index contributed by atoms with van der Waals surface area (Å²) in [5.41, 5.74) is 1.45. The Morgan fingerprint density at radius 3 is 2.63 bits per heavy atom. The number of piperidine rings is 1. The lowest BCUT2D eigenvalue weighted by Crippen LogP contribution is -2.53. The van der Waals surface area contributed by atoms with Gasteiger partial charge in [0.05, 0.1) is 19.9 Å². The van der Waals surface area contributed by atoms with Crippen LogP contribution in [-0.2, 0) is 4.79 Å². The Labute approximate surface area is 181 Å². The van der Waals surface area contributed by atoms with Crippen LogP contribution in [0.15, 0.2) is 42.6 Å². The maximum Gasteiger partial charge on any atom is 0.319 e. The second kappa shape index (κ2) is 10.3. The maximum atomic E-state index is 12.6. The molecule has 1 aromatic carbocycles. The fourth-order valence-electron chi connectivity index (χ4n) is 3.51. The molecular formula is C21H26ClN5O3. The van der Waals surface area contributed by atoms with E-state index in [1.165, 1.54) is 0 Å². The van der Waals surface area contributed by atoms with Crippen LogP contribution in [0.5, 0.6) is 5.75 Å². The van der Waals surface area contributed by atoms with E-state index in [0.29, 0.717) is 36.0 Å². The number of hydrogen-bond acceptors (Lipinski definition) is 5. The summed E-state index contributed by atoms with van der Waals surface area (Å²) in [4.78, 5) is 31.3. The van der Waals surface area contributed by atoms with Gasteiger partial charge in [-0.1, -0.05) is 11.6 Å². The van der Waals surface area contributed by atoms with Crippen molar-refractivity contribution in [1.82, 2.24) is 20.5 Å². The minimum Gasteiger partial charge on any atom is -0.495 e. The molecule has 2 aromatic rings. The normalized spacial score (nSPS) is 18.6. The number of likely N-dealkylation sites (N-methyl/N-ethyl adjacent to an activating group) is 1. The molecule has 0 spiro atoms. The molecule has 8 nitrogen and oxygen atoms in total. The lowest BCUT2D eigenvalue weighted by molar-refractivity contribution is -0.131. The summed E-state index contributed by atoms with van der Waals surface area (Å²) in [5.74, 6) is 0.546. The number of rotatable bonds is 6. The van der Waals surface area contributed by atoms with E-state index in [1.807, 2.05) is 17.0 Å². The molecule has 1 aliphatic rings. The van der Waals surface area contributed by atoms with Gasteiger partial charge < -0.3 is 25.6 Å². The third kappa shape index (κ3) is 5.61. The number of anilines is 1. The van der Waals surface area contributed by atoms with E-state index < -0.39 is 0 Å². The standard InChI is InChI=1S/C21H26ClN5O3/c1-23-12-20(28)27-10-9-19(17(13-27)18-8-7-16(30-2)11-24-18)26-21(29)25-15-5-3-14(22)4-6-15/h3-8,11,17,19,23H,9-10,12-13H2,1-2H3,(H2,25,26,29). The molecule has 1 saturated heterocycles. The van der Waals surface area contributed by atoms with E-state index in [0.717, 1.165) is 5.69 Å². The first-order valence-electron chi connectivity index (χ1n) is 9.75. The molecule has 9 heteroatoms. The SMILES string of the molecule is CNCC(=O)N1CCC(NC(=O)Nc2ccc(Cl)cc2)C(c2ccc(OC)cn2)C1. The third-order valence-corrected chi connectivity index (χ3v) is 5.34. The number of benzene rings is 1. The van der Waals surface area contributed by atoms with Crippen LogP contribution in [0.3, 0.4) is 0 Å². The monoisotopic (exact) mass is 431 g/mol. The smallest absolute Gasteiger partial charge is 0.319 e. The number of aromatic nitrogens is 1. The van der Waals surface area contributed by atoms with Crippen LogP contribution in [0, 0.1) is 0 Å². The highest BCUT2D eigenvalue weighted by molar-refractivity contribution is 6.30. The Balaban J connectivity index is 1.73. The van der Waals surface area contributed by atoms with Crippen molar-refractivity contribution in [2.75, 3.05) is 39.1 Å². The number of methoxy groups -OCH3 is 1. The zero-order valence-electron chi connectivity index (χ0n) is 17.0. The first-order valence-corrected chi connectivity index (χ1v) is 10.1. The van der Waals surface area contributed by atoms with Gasteiger partial charge in [0.15, 0.2) is 0 Å². The van der Waals surface area contributed by atoms with Crippen LogP contribution < -0.4 is 20.7 Å². The van der Waals surface area contributed by atoms with Gasteiger partial charge in [-0.25, -0.2) is 4.79 Å². The molecule has 0 saturated carbocycles. The minimum absolute atomic E-state index is 0.0278. The largest absolute Gasteiger partial charge is 0.495 e. The molecule has 160 valence electrons. The van der Waals surface area contributed by atoms with Gasteiger partial charge in [0.1, 0.15) is 5.75 Å². The number of carbonyl (C=O) groups excluding carboxylic acids is 2. The Morgan fingerprint density at radius 1 is 1.23 bits per heavy atom. The third-order valence-electron chi connectivity index (χ3n) is 5.09. The van der Waals surface area contributed by atoms with Gasteiger partial charge in [-0.05, 0) is 49.9 Å². The Morgan fingerprint density at radius 2 is 2.00 bits per heavy atom. The van der Waals surface area contributed by atoms with Gasteiger partial charge in [-0.15, -0.1) is 0 Å². The van der Waals surface area contributed by atoms with Gasteiger partial charge in [0.2, 0.25) is 5.91 Å². The molecule has 3 N–H and O–H groups in total. The number of carbonyl (C=O) groups is 2. The van der Waals surface area contributed by atoms with E-state index in [9.17, 15) is 9.59 Å². The van der Waals surface area contributed by atoms with E-state index in [4.69, 9.17) is 16.3 Å². The van der Waals surface area contributed by atoms with Gasteiger partial charge in [0, 0.05) is 41.5 Å². The molecule has 3 rings (SSSR count). The summed E-state index contributed by atoms with van der Waals surface area (Å²) in [6.45, 7) is 1.32. The summed E-state index contributed by atoms with van der Waals surface area (Å²) < 4.78 is 5.19. The van der Waals surface area contributed by atoms with Gasteiger partial charge in [-0.2, -0.15) is 0 Å². The van der Waals surface area contributed by atoms with Crippen LogP contribution in [0.4, 0.5) is 10.5 Å². The Hall–Kier alpha value is -2.84. The Kier molecular flexibility index (Phi) is 7.48. The van der Waals surface area contributed by atoms with Crippen LogP contribution in [0.1, 0.15) is 18.0 Å². The molecule has 2 atom stereocenters. The number of likely N-dealkylation sites (tertiary alicyclic amines) is 1. The zero-order valence-corrected chi connectivity index (χ0v) is 17.8. The molecule has 1 fully saturated rings. The van der Waals surface area contributed by atoms with Crippen molar-refractivity contribution in [3.63, 3.8) is 0 Å². The average molecular weight is 432 g/mol. The molecule has 1 aromatic heterocycles. The number of ether oxygens (including phenoxy) is 1. The number of nitrogens with one attached hydrogen (secondary N) is 3. The van der Waals surface area contributed by atoms with Crippen LogP contribution in [0.25, 0.3) is 0 Å². The summed E-state index contributed by atoms with van der Waals surface area (Å²) in [5, 5.41) is 9.36. The van der Waals surface area contributed by atoms with E-state index in [1.54, 1.807) is 44.6 Å². The molecule has 2 unspecified atom stereocenters. The molecule has 0 radical (unpaired) electrons. The molecular weight excluding hydrogens is 406 g/mol. The summed E-state index contributed by atoms with van der Waals surface area (Å²) in [7, 11) is 3.33. The molecule has 0 bridgehead atoms. The van der Waals surface area contributed by atoms with Crippen molar-refractivity contribution in [2.24, 2.45) is 0 Å². The molecule has 2 heterocycles. The fraction of sp³-hybridized carbons (Fsp3) is 0.381. The lowest BCUT2D eigenvalue weighted by Gasteiger charge is -2.38. The molecule has 0 aliphatic carbocycles. The molecule has 1 aliphatic heterocycles. The van der Waals surface area contributed by atoms with Crippen molar-refractivity contribution in [2.45, 2.75) is 18.4 Å². The van der Waals surface area contributed by atoms with E-state index >= 15 is 0 Å². The highest BCUT2D eigenvalue weighted by Gasteiger charge is 2.34. The second-order valence-corrected chi connectivity index (χ2v) is 7.54. The topological polar surface area (TPSA) is 95.6 Å². The Bertz CT molecular complexity index is 860. The van der Waals surface area contributed by atoms with Crippen LogP contribution in [-0.4, -0.2) is 61.7 Å².